The van der Waals surface area contributed by atoms with Crippen molar-refractivity contribution in [2.24, 2.45) is 0 Å². The van der Waals surface area contributed by atoms with E-state index in [1.54, 1.807) is 6.07 Å². The lowest BCUT2D eigenvalue weighted by Gasteiger charge is -2.16. The Kier molecular flexibility index (Phi) is 4.40. The van der Waals surface area contributed by atoms with Gasteiger partial charge in [0.25, 0.3) is 0 Å². The number of benzene rings is 1. The fraction of sp³-hybridized carbons (Fsp3) is 0.500. The van der Waals surface area contributed by atoms with Gasteiger partial charge >= 0.3 is 6.18 Å². The van der Waals surface area contributed by atoms with Crippen molar-refractivity contribution in [2.45, 2.75) is 39.0 Å². The molecule has 0 fully saturated rings. The molecule has 2 nitrogen and oxygen atoms in total. The third kappa shape index (κ3) is 5.08. The molecule has 0 aromatic heterocycles. The van der Waals surface area contributed by atoms with E-state index in [4.69, 9.17) is 5.73 Å². The van der Waals surface area contributed by atoms with Crippen LogP contribution in [0, 0.1) is 6.92 Å². The molecule has 1 unspecified atom stereocenters. The molecule has 0 spiro atoms. The zero-order valence-electron chi connectivity index (χ0n) is 9.93. The summed E-state index contributed by atoms with van der Waals surface area (Å²) in [5.41, 5.74) is 8.22. The Morgan fingerprint density at radius 3 is 2.53 bits per heavy atom. The minimum Gasteiger partial charge on any atom is -0.399 e. The molecule has 1 aromatic carbocycles. The summed E-state index contributed by atoms with van der Waals surface area (Å²) in [5, 5.41) is 2.84. The zero-order chi connectivity index (χ0) is 13.1. The summed E-state index contributed by atoms with van der Waals surface area (Å²) in [5.74, 6) is 0. The number of anilines is 1. The van der Waals surface area contributed by atoms with Gasteiger partial charge in [0.05, 0.1) is 6.42 Å². The number of rotatable bonds is 4. The van der Waals surface area contributed by atoms with Crippen LogP contribution in [0.5, 0.6) is 0 Å². The van der Waals surface area contributed by atoms with E-state index in [1.165, 1.54) is 6.92 Å². The molecule has 0 aliphatic rings. The van der Waals surface area contributed by atoms with E-state index in [1.807, 2.05) is 19.1 Å². The molecule has 0 aliphatic heterocycles. The first-order chi connectivity index (χ1) is 7.78. The summed E-state index contributed by atoms with van der Waals surface area (Å²) < 4.78 is 36.3. The summed E-state index contributed by atoms with van der Waals surface area (Å²) in [6, 6.07) is 4.87. The summed E-state index contributed by atoms with van der Waals surface area (Å²) in [7, 11) is 0. The number of halogens is 3. The van der Waals surface area contributed by atoms with E-state index < -0.39 is 18.6 Å². The summed E-state index contributed by atoms with van der Waals surface area (Å²) in [4.78, 5) is 0. The molecule has 0 radical (unpaired) electrons. The molecule has 17 heavy (non-hydrogen) atoms. The third-order valence-corrected chi connectivity index (χ3v) is 2.53. The van der Waals surface area contributed by atoms with Crippen LogP contribution in [0.4, 0.5) is 18.9 Å². The SMILES string of the molecule is Cc1cc(CNC(C)CC(F)(F)F)ccc1N. The van der Waals surface area contributed by atoms with Gasteiger partial charge in [-0.3, -0.25) is 0 Å². The molecular formula is C12H17F3N2. The van der Waals surface area contributed by atoms with E-state index in [9.17, 15) is 13.2 Å². The van der Waals surface area contributed by atoms with Gasteiger partial charge in [0, 0.05) is 18.3 Å². The predicted molar refractivity (Wildman–Crippen MR) is 62.6 cm³/mol. The first-order valence-electron chi connectivity index (χ1n) is 5.43. The van der Waals surface area contributed by atoms with Gasteiger partial charge in [-0.15, -0.1) is 0 Å². The molecule has 1 rings (SSSR count). The number of nitrogens with two attached hydrogens (primary N) is 1. The highest BCUT2D eigenvalue weighted by atomic mass is 19.4. The van der Waals surface area contributed by atoms with Crippen LogP contribution in [0.15, 0.2) is 18.2 Å². The fourth-order valence-electron chi connectivity index (χ4n) is 1.56. The van der Waals surface area contributed by atoms with Crippen molar-refractivity contribution in [1.82, 2.24) is 5.32 Å². The Morgan fingerprint density at radius 2 is 2.00 bits per heavy atom. The first-order valence-corrected chi connectivity index (χ1v) is 5.43. The average Bonchev–Trinajstić information content (AvgIpc) is 2.17. The molecule has 0 saturated heterocycles. The maximum absolute atomic E-state index is 12.1. The van der Waals surface area contributed by atoms with Crippen LogP contribution < -0.4 is 11.1 Å². The molecule has 1 atom stereocenters. The van der Waals surface area contributed by atoms with Gasteiger partial charge < -0.3 is 11.1 Å². The van der Waals surface area contributed by atoms with Crippen molar-refractivity contribution in [2.75, 3.05) is 5.73 Å². The molecule has 1 aromatic rings. The number of aryl methyl sites for hydroxylation is 1. The Morgan fingerprint density at radius 1 is 1.35 bits per heavy atom. The van der Waals surface area contributed by atoms with E-state index in [-0.39, 0.29) is 0 Å². The Hall–Kier alpha value is -1.23. The quantitative estimate of drug-likeness (QED) is 0.801. The lowest BCUT2D eigenvalue weighted by Crippen LogP contribution is -2.30. The molecule has 5 heteroatoms. The van der Waals surface area contributed by atoms with Gasteiger partial charge in [0.2, 0.25) is 0 Å². The molecule has 3 N–H and O–H groups in total. The molecule has 96 valence electrons. The van der Waals surface area contributed by atoms with E-state index in [2.05, 4.69) is 5.32 Å². The van der Waals surface area contributed by atoms with E-state index in [0.29, 0.717) is 12.2 Å². The van der Waals surface area contributed by atoms with Crippen LogP contribution in [0.3, 0.4) is 0 Å². The molecule has 0 bridgehead atoms. The van der Waals surface area contributed by atoms with Gasteiger partial charge in [0.1, 0.15) is 0 Å². The zero-order valence-corrected chi connectivity index (χ0v) is 9.93. The second-order valence-corrected chi connectivity index (χ2v) is 4.29. The van der Waals surface area contributed by atoms with Gasteiger partial charge in [-0.2, -0.15) is 13.2 Å². The van der Waals surface area contributed by atoms with Crippen molar-refractivity contribution >= 4 is 5.69 Å². The number of hydrogen-bond acceptors (Lipinski definition) is 2. The topological polar surface area (TPSA) is 38.0 Å². The monoisotopic (exact) mass is 246 g/mol. The summed E-state index contributed by atoms with van der Waals surface area (Å²) in [6.45, 7) is 3.81. The molecule has 0 amide bonds. The highest BCUT2D eigenvalue weighted by molar-refractivity contribution is 5.47. The second kappa shape index (κ2) is 5.40. The van der Waals surface area contributed by atoms with Gasteiger partial charge in [-0.05, 0) is 31.0 Å². The largest absolute Gasteiger partial charge is 0.399 e. The highest BCUT2D eigenvalue weighted by Gasteiger charge is 2.29. The first kappa shape index (κ1) is 13.8. The average molecular weight is 246 g/mol. The normalized spacial score (nSPS) is 13.7. The predicted octanol–water partition coefficient (Wildman–Crippen LogP) is 3.01. The van der Waals surface area contributed by atoms with Crippen molar-refractivity contribution in [3.63, 3.8) is 0 Å². The van der Waals surface area contributed by atoms with Crippen LogP contribution in [0.25, 0.3) is 0 Å². The maximum Gasteiger partial charge on any atom is 0.390 e. The van der Waals surface area contributed by atoms with Crippen LogP contribution >= 0.6 is 0 Å². The van der Waals surface area contributed by atoms with Gasteiger partial charge in [0.15, 0.2) is 0 Å². The minimum atomic E-state index is -4.12. The van der Waals surface area contributed by atoms with Gasteiger partial charge in [-0.25, -0.2) is 0 Å². The molecular weight excluding hydrogens is 229 g/mol. The van der Waals surface area contributed by atoms with Crippen LogP contribution in [0.2, 0.25) is 0 Å². The maximum atomic E-state index is 12.1. The molecule has 0 saturated carbocycles. The van der Waals surface area contributed by atoms with E-state index in [0.717, 1.165) is 11.1 Å². The third-order valence-electron chi connectivity index (χ3n) is 2.53. The highest BCUT2D eigenvalue weighted by Crippen LogP contribution is 2.21. The van der Waals surface area contributed by atoms with Crippen LogP contribution in [-0.4, -0.2) is 12.2 Å². The summed E-state index contributed by atoms with van der Waals surface area (Å²) >= 11 is 0. The fourth-order valence-corrected chi connectivity index (χ4v) is 1.56. The van der Waals surface area contributed by atoms with Crippen molar-refractivity contribution in [3.05, 3.63) is 29.3 Å². The standard InChI is InChI=1S/C12H17F3N2/c1-8-5-10(3-4-11(8)16)7-17-9(2)6-12(13,14)15/h3-5,9,17H,6-7,16H2,1-2H3. The Labute approximate surface area is 99.0 Å². The van der Waals surface area contributed by atoms with Crippen LogP contribution in [-0.2, 0) is 6.54 Å². The number of nitrogen functional groups attached to an aromatic ring is 1. The van der Waals surface area contributed by atoms with Crippen molar-refractivity contribution in [1.29, 1.82) is 0 Å². The number of nitrogens with one attached hydrogen (secondary N) is 1. The van der Waals surface area contributed by atoms with Crippen molar-refractivity contribution < 1.29 is 13.2 Å². The smallest absolute Gasteiger partial charge is 0.390 e. The Balaban J connectivity index is 2.47. The Bertz CT molecular complexity index is 375. The summed E-state index contributed by atoms with van der Waals surface area (Å²) in [6.07, 6.45) is -4.94. The number of alkyl halides is 3. The van der Waals surface area contributed by atoms with Crippen molar-refractivity contribution in [3.8, 4) is 0 Å². The second-order valence-electron chi connectivity index (χ2n) is 4.29. The van der Waals surface area contributed by atoms with Crippen LogP contribution in [0.1, 0.15) is 24.5 Å². The lowest BCUT2D eigenvalue weighted by atomic mass is 10.1. The van der Waals surface area contributed by atoms with Gasteiger partial charge in [-0.1, -0.05) is 12.1 Å². The molecule has 0 aliphatic carbocycles. The minimum absolute atomic E-state index is 0.415. The molecule has 0 heterocycles. The lowest BCUT2D eigenvalue weighted by molar-refractivity contribution is -0.139. The number of hydrogen-bond donors (Lipinski definition) is 2. The van der Waals surface area contributed by atoms with E-state index >= 15 is 0 Å².